The van der Waals surface area contributed by atoms with Gasteiger partial charge in [-0.3, -0.25) is 9.40 Å². The topological polar surface area (TPSA) is 64.0 Å². The molecule has 17 heavy (non-hydrogen) atoms. The number of aromatic nitrogens is 2. The smallest absolute Gasteiger partial charge is 0.265 e. The molecule has 1 N–H and O–H groups in total. The van der Waals surface area contributed by atoms with E-state index in [1.165, 1.54) is 17.1 Å². The molecule has 0 radical (unpaired) electrons. The Morgan fingerprint density at radius 3 is 2.65 bits per heavy atom. The van der Waals surface area contributed by atoms with Gasteiger partial charge >= 0.3 is 0 Å². The van der Waals surface area contributed by atoms with Crippen molar-refractivity contribution in [3.05, 3.63) is 41.1 Å². The number of para-hydroxylation sites is 1. The second-order valence-corrected chi connectivity index (χ2v) is 5.97. The Bertz CT molecular complexity index is 637. The molecule has 2 aromatic rings. The number of rotatable bonds is 3. The van der Waals surface area contributed by atoms with Crippen molar-refractivity contribution in [1.29, 1.82) is 0 Å². The molecule has 0 bridgehead atoms. The molecule has 0 saturated carbocycles. The van der Waals surface area contributed by atoms with Crippen molar-refractivity contribution >= 4 is 31.6 Å². The third-order valence-electron chi connectivity index (χ3n) is 2.11. The number of anilines is 1. The maximum Gasteiger partial charge on any atom is 0.265 e. The van der Waals surface area contributed by atoms with E-state index in [1.807, 2.05) is 6.07 Å². The Balaban J connectivity index is 2.33. The number of hydrogen-bond acceptors (Lipinski definition) is 3. The highest BCUT2D eigenvalue weighted by molar-refractivity contribution is 9.10. The van der Waals surface area contributed by atoms with Crippen LogP contribution in [0.4, 0.5) is 5.69 Å². The van der Waals surface area contributed by atoms with Gasteiger partial charge in [-0.1, -0.05) is 12.1 Å². The molecule has 1 aromatic carbocycles. The van der Waals surface area contributed by atoms with E-state index < -0.39 is 10.0 Å². The van der Waals surface area contributed by atoms with Crippen LogP contribution in [0.15, 0.2) is 46.0 Å². The standard InChI is InChI=1S/C10H10BrN3O2S/c1-14-7-8(6-12-14)17(15,16)13-10-5-3-2-4-9(10)11/h2-7,13H,1H3. The van der Waals surface area contributed by atoms with Crippen molar-refractivity contribution in [3.63, 3.8) is 0 Å². The van der Waals surface area contributed by atoms with Crippen LogP contribution in [0.25, 0.3) is 0 Å². The van der Waals surface area contributed by atoms with E-state index in [4.69, 9.17) is 0 Å². The van der Waals surface area contributed by atoms with E-state index in [0.29, 0.717) is 10.2 Å². The summed E-state index contributed by atoms with van der Waals surface area (Å²) in [6, 6.07) is 7.01. The van der Waals surface area contributed by atoms with Gasteiger partial charge in [0.15, 0.2) is 0 Å². The summed E-state index contributed by atoms with van der Waals surface area (Å²) in [6.07, 6.45) is 2.75. The van der Waals surface area contributed by atoms with Gasteiger partial charge in [-0.2, -0.15) is 5.10 Å². The van der Waals surface area contributed by atoms with Crippen molar-refractivity contribution in [2.45, 2.75) is 4.90 Å². The summed E-state index contributed by atoms with van der Waals surface area (Å²) in [6.45, 7) is 0. The molecule has 0 amide bonds. The molecule has 5 nitrogen and oxygen atoms in total. The summed E-state index contributed by atoms with van der Waals surface area (Å²) in [5.41, 5.74) is 0.497. The Morgan fingerprint density at radius 1 is 1.35 bits per heavy atom. The lowest BCUT2D eigenvalue weighted by Gasteiger charge is -2.07. The normalized spacial score (nSPS) is 11.4. The third kappa shape index (κ3) is 2.67. The minimum Gasteiger partial charge on any atom is -0.278 e. The first-order valence-electron chi connectivity index (χ1n) is 4.75. The summed E-state index contributed by atoms with van der Waals surface area (Å²) in [7, 11) is -1.91. The second-order valence-electron chi connectivity index (χ2n) is 3.44. The minimum absolute atomic E-state index is 0.135. The zero-order valence-electron chi connectivity index (χ0n) is 8.96. The Kier molecular flexibility index (Phi) is 3.21. The van der Waals surface area contributed by atoms with Crippen molar-refractivity contribution in [1.82, 2.24) is 9.78 Å². The molecule has 7 heteroatoms. The average molecular weight is 316 g/mol. The highest BCUT2D eigenvalue weighted by Gasteiger charge is 2.16. The van der Waals surface area contributed by atoms with Gasteiger partial charge in [-0.15, -0.1) is 0 Å². The van der Waals surface area contributed by atoms with Gasteiger partial charge in [0.2, 0.25) is 0 Å². The van der Waals surface area contributed by atoms with Gasteiger partial charge in [-0.25, -0.2) is 8.42 Å². The summed E-state index contributed by atoms with van der Waals surface area (Å²) >= 11 is 3.28. The first kappa shape index (κ1) is 12.1. The fourth-order valence-corrected chi connectivity index (χ4v) is 2.86. The predicted octanol–water partition coefficient (Wildman–Crippen LogP) is 1.98. The molecule has 0 saturated heterocycles. The summed E-state index contributed by atoms with van der Waals surface area (Å²) in [5, 5.41) is 3.83. The molecule has 0 spiro atoms. The molecule has 1 heterocycles. The van der Waals surface area contributed by atoms with Gasteiger partial charge < -0.3 is 0 Å². The van der Waals surface area contributed by atoms with E-state index >= 15 is 0 Å². The number of halogens is 1. The van der Waals surface area contributed by atoms with E-state index in [1.54, 1.807) is 25.2 Å². The summed E-state index contributed by atoms with van der Waals surface area (Å²) in [4.78, 5) is 0.135. The fourth-order valence-electron chi connectivity index (χ4n) is 1.29. The van der Waals surface area contributed by atoms with Crippen LogP contribution in [0.5, 0.6) is 0 Å². The van der Waals surface area contributed by atoms with E-state index in [0.717, 1.165) is 0 Å². The molecular weight excluding hydrogens is 306 g/mol. The number of benzene rings is 1. The average Bonchev–Trinajstić information content (AvgIpc) is 2.69. The third-order valence-corrected chi connectivity index (χ3v) is 4.12. The molecule has 0 aliphatic heterocycles. The molecule has 0 unspecified atom stereocenters. The van der Waals surface area contributed by atoms with Crippen molar-refractivity contribution in [2.24, 2.45) is 7.05 Å². The Labute approximate surface area is 108 Å². The first-order chi connectivity index (χ1) is 7.99. The lowest BCUT2D eigenvalue weighted by molar-refractivity contribution is 0.601. The minimum atomic E-state index is -3.58. The molecule has 0 atom stereocenters. The first-order valence-corrected chi connectivity index (χ1v) is 7.03. The highest BCUT2D eigenvalue weighted by Crippen LogP contribution is 2.24. The van der Waals surface area contributed by atoms with Crippen LogP contribution >= 0.6 is 15.9 Å². The molecule has 1 aromatic heterocycles. The van der Waals surface area contributed by atoms with Crippen LogP contribution < -0.4 is 4.72 Å². The van der Waals surface area contributed by atoms with Crippen molar-refractivity contribution in [2.75, 3.05) is 4.72 Å². The van der Waals surface area contributed by atoms with E-state index in [2.05, 4.69) is 25.8 Å². The number of aryl methyl sites for hydroxylation is 1. The lowest BCUT2D eigenvalue weighted by Crippen LogP contribution is -2.12. The monoisotopic (exact) mass is 315 g/mol. The number of nitrogens with zero attached hydrogens (tertiary/aromatic N) is 2. The maximum absolute atomic E-state index is 12.0. The quantitative estimate of drug-likeness (QED) is 0.942. The Hall–Kier alpha value is -1.34. The fraction of sp³-hybridized carbons (Fsp3) is 0.100. The van der Waals surface area contributed by atoms with Crippen LogP contribution in [0, 0.1) is 0 Å². The van der Waals surface area contributed by atoms with Gasteiger partial charge in [0.05, 0.1) is 11.9 Å². The highest BCUT2D eigenvalue weighted by atomic mass is 79.9. The van der Waals surface area contributed by atoms with Crippen LogP contribution in [0.1, 0.15) is 0 Å². The Morgan fingerprint density at radius 2 is 2.06 bits per heavy atom. The largest absolute Gasteiger partial charge is 0.278 e. The summed E-state index contributed by atoms with van der Waals surface area (Å²) < 4.78 is 28.6. The predicted molar refractivity (Wildman–Crippen MR) is 68.2 cm³/mol. The second kappa shape index (κ2) is 4.50. The van der Waals surface area contributed by atoms with Crippen LogP contribution in [0.3, 0.4) is 0 Å². The zero-order valence-corrected chi connectivity index (χ0v) is 11.4. The van der Waals surface area contributed by atoms with E-state index in [9.17, 15) is 8.42 Å². The van der Waals surface area contributed by atoms with E-state index in [-0.39, 0.29) is 4.90 Å². The molecule has 2 rings (SSSR count). The van der Waals surface area contributed by atoms with Gasteiger partial charge in [-0.05, 0) is 28.1 Å². The summed E-state index contributed by atoms with van der Waals surface area (Å²) in [5.74, 6) is 0. The number of sulfonamides is 1. The maximum atomic E-state index is 12.0. The van der Waals surface area contributed by atoms with Crippen molar-refractivity contribution < 1.29 is 8.42 Å². The lowest BCUT2D eigenvalue weighted by atomic mass is 10.3. The molecular formula is C10H10BrN3O2S. The molecule has 0 fully saturated rings. The molecule has 0 aliphatic rings. The van der Waals surface area contributed by atoms with Gasteiger partial charge in [0.1, 0.15) is 4.90 Å². The number of hydrogen-bond donors (Lipinski definition) is 1. The SMILES string of the molecule is Cn1cc(S(=O)(=O)Nc2ccccc2Br)cn1. The zero-order chi connectivity index (χ0) is 12.5. The van der Waals surface area contributed by atoms with Crippen molar-refractivity contribution in [3.8, 4) is 0 Å². The molecule has 90 valence electrons. The van der Waals surface area contributed by atoms with Crippen LogP contribution in [-0.2, 0) is 17.1 Å². The molecule has 0 aliphatic carbocycles. The van der Waals surface area contributed by atoms with Crippen LogP contribution in [-0.4, -0.2) is 18.2 Å². The number of nitrogens with one attached hydrogen (secondary N) is 1. The van der Waals surface area contributed by atoms with Gasteiger partial charge in [0, 0.05) is 17.7 Å². The van der Waals surface area contributed by atoms with Crippen LogP contribution in [0.2, 0.25) is 0 Å². The van der Waals surface area contributed by atoms with Gasteiger partial charge in [0.25, 0.3) is 10.0 Å².